The van der Waals surface area contributed by atoms with Gasteiger partial charge in [-0.05, 0) is 17.5 Å². The number of anilines is 2. The Bertz CT molecular complexity index is 465. The minimum atomic E-state index is 0.742. The average Bonchev–Trinajstić information content (AvgIpc) is 2.73. The molecule has 0 atom stereocenters. The van der Waals surface area contributed by atoms with E-state index in [-0.39, 0.29) is 0 Å². The summed E-state index contributed by atoms with van der Waals surface area (Å²) < 4.78 is 0. The zero-order chi connectivity index (χ0) is 11.4. The van der Waals surface area contributed by atoms with E-state index in [1.54, 1.807) is 6.20 Å². The van der Waals surface area contributed by atoms with Crippen molar-refractivity contribution < 1.29 is 0 Å². The molecule has 1 heterocycles. The topological polar surface area (TPSA) is 50.9 Å². The first-order chi connectivity index (χ1) is 7.79. The van der Waals surface area contributed by atoms with Crippen LogP contribution in [0.5, 0.6) is 0 Å². The van der Waals surface area contributed by atoms with Crippen molar-refractivity contribution in [1.82, 2.24) is 4.98 Å². The smallest absolute Gasteiger partial charge is 0.184 e. The lowest BCUT2D eigenvalue weighted by Gasteiger charge is -2.07. The number of nitrogens with two attached hydrogens (primary N) is 1. The summed E-state index contributed by atoms with van der Waals surface area (Å²) in [4.78, 5) is 4.17. The molecule has 0 aliphatic carbocycles. The van der Waals surface area contributed by atoms with Gasteiger partial charge in [-0.1, -0.05) is 42.5 Å². The number of aryl methyl sites for hydroxylation is 1. The third-order valence-corrected chi connectivity index (χ3v) is 3.24. The van der Waals surface area contributed by atoms with Gasteiger partial charge in [-0.15, -0.1) is 0 Å². The monoisotopic (exact) mass is 233 g/mol. The minimum Gasteiger partial charge on any atom is -0.389 e. The Labute approximate surface area is 99.3 Å². The fraction of sp³-hybridized carbons (Fsp3) is 0.250. The molecular weight excluding hydrogens is 218 g/mol. The van der Waals surface area contributed by atoms with Gasteiger partial charge in [-0.2, -0.15) is 0 Å². The van der Waals surface area contributed by atoms with Crippen molar-refractivity contribution in [2.75, 3.05) is 11.1 Å². The summed E-state index contributed by atoms with van der Waals surface area (Å²) in [5.41, 5.74) is 8.31. The summed E-state index contributed by atoms with van der Waals surface area (Å²) in [6.07, 6.45) is 2.73. The van der Waals surface area contributed by atoms with E-state index in [9.17, 15) is 0 Å². The van der Waals surface area contributed by atoms with E-state index in [0.717, 1.165) is 23.1 Å². The van der Waals surface area contributed by atoms with E-state index in [1.165, 1.54) is 22.5 Å². The summed E-state index contributed by atoms with van der Waals surface area (Å²) in [5, 5.41) is 4.90. The Morgan fingerprint density at radius 2 is 2.06 bits per heavy atom. The van der Waals surface area contributed by atoms with E-state index >= 15 is 0 Å². The van der Waals surface area contributed by atoms with Gasteiger partial charge in [-0.3, -0.25) is 0 Å². The Kier molecular flexibility index (Phi) is 3.41. The third-order valence-electron chi connectivity index (χ3n) is 2.45. The molecule has 0 aliphatic rings. The average molecular weight is 233 g/mol. The Balaban J connectivity index is 2.04. The van der Waals surface area contributed by atoms with Gasteiger partial charge in [0.15, 0.2) is 5.13 Å². The molecule has 1 aromatic carbocycles. The van der Waals surface area contributed by atoms with Crippen molar-refractivity contribution in [2.45, 2.75) is 19.9 Å². The largest absolute Gasteiger partial charge is 0.389 e. The Morgan fingerprint density at radius 1 is 1.31 bits per heavy atom. The molecule has 84 valence electrons. The van der Waals surface area contributed by atoms with Gasteiger partial charge in [0.2, 0.25) is 0 Å². The molecule has 0 spiro atoms. The Hall–Kier alpha value is -1.55. The number of rotatable bonds is 4. The van der Waals surface area contributed by atoms with Gasteiger partial charge in [0, 0.05) is 6.54 Å². The first kappa shape index (κ1) is 11.0. The molecule has 0 bridgehead atoms. The summed E-state index contributed by atoms with van der Waals surface area (Å²) in [6, 6.07) is 8.44. The lowest BCUT2D eigenvalue weighted by atomic mass is 10.1. The second kappa shape index (κ2) is 4.99. The van der Waals surface area contributed by atoms with Crippen molar-refractivity contribution >= 4 is 21.5 Å². The zero-order valence-electron chi connectivity index (χ0n) is 9.23. The van der Waals surface area contributed by atoms with Crippen LogP contribution in [0.15, 0.2) is 30.5 Å². The molecule has 0 aliphatic heterocycles. The molecule has 0 saturated heterocycles. The second-order valence-corrected chi connectivity index (χ2v) is 4.61. The van der Waals surface area contributed by atoms with Crippen molar-refractivity contribution in [3.05, 3.63) is 41.6 Å². The predicted molar refractivity (Wildman–Crippen MR) is 69.7 cm³/mol. The van der Waals surface area contributed by atoms with Crippen molar-refractivity contribution in [3.63, 3.8) is 0 Å². The molecule has 0 saturated carbocycles. The van der Waals surface area contributed by atoms with Crippen LogP contribution in [0.1, 0.15) is 18.1 Å². The molecular formula is C12H15N3S. The zero-order valence-corrected chi connectivity index (χ0v) is 10.1. The number of hydrogen-bond donors (Lipinski definition) is 2. The van der Waals surface area contributed by atoms with Gasteiger partial charge in [-0.25, -0.2) is 4.98 Å². The molecule has 2 aromatic rings. The van der Waals surface area contributed by atoms with E-state index in [0.29, 0.717) is 0 Å². The normalized spacial score (nSPS) is 10.3. The molecule has 2 rings (SSSR count). The van der Waals surface area contributed by atoms with Crippen LogP contribution in [0.2, 0.25) is 0 Å². The maximum absolute atomic E-state index is 5.62. The molecule has 0 fully saturated rings. The van der Waals surface area contributed by atoms with Gasteiger partial charge >= 0.3 is 0 Å². The van der Waals surface area contributed by atoms with Crippen molar-refractivity contribution in [2.24, 2.45) is 0 Å². The molecule has 0 unspecified atom stereocenters. The van der Waals surface area contributed by atoms with Gasteiger partial charge in [0.05, 0.1) is 6.20 Å². The molecule has 1 aromatic heterocycles. The standard InChI is InChI=1S/C12H15N3S/c1-2-9-5-3-4-6-10(9)7-14-12-15-8-11(13)16-12/h3-6,8H,2,7,13H2,1H3,(H,14,15). The van der Waals surface area contributed by atoms with Crippen molar-refractivity contribution in [3.8, 4) is 0 Å². The van der Waals surface area contributed by atoms with E-state index in [2.05, 4.69) is 41.5 Å². The number of aromatic nitrogens is 1. The first-order valence-electron chi connectivity index (χ1n) is 5.31. The predicted octanol–water partition coefficient (Wildman–Crippen LogP) is 2.90. The molecule has 4 heteroatoms. The van der Waals surface area contributed by atoms with Crippen LogP contribution in [-0.2, 0) is 13.0 Å². The van der Waals surface area contributed by atoms with Crippen LogP contribution in [0.25, 0.3) is 0 Å². The first-order valence-corrected chi connectivity index (χ1v) is 6.13. The van der Waals surface area contributed by atoms with Crippen LogP contribution in [0.3, 0.4) is 0 Å². The maximum Gasteiger partial charge on any atom is 0.184 e. The number of nitrogen functional groups attached to an aromatic ring is 1. The molecule has 0 radical (unpaired) electrons. The third kappa shape index (κ3) is 2.52. The highest BCUT2D eigenvalue weighted by atomic mass is 32.1. The maximum atomic E-state index is 5.62. The lowest BCUT2D eigenvalue weighted by Crippen LogP contribution is -2.01. The van der Waals surface area contributed by atoms with Gasteiger partial charge < -0.3 is 11.1 Å². The quantitative estimate of drug-likeness (QED) is 0.853. The van der Waals surface area contributed by atoms with Crippen LogP contribution in [0.4, 0.5) is 10.1 Å². The van der Waals surface area contributed by atoms with E-state index in [1.807, 2.05) is 0 Å². The Morgan fingerprint density at radius 3 is 2.69 bits per heavy atom. The fourth-order valence-corrected chi connectivity index (χ4v) is 2.19. The highest BCUT2D eigenvalue weighted by Crippen LogP contribution is 2.20. The van der Waals surface area contributed by atoms with Gasteiger partial charge in [0.1, 0.15) is 5.00 Å². The van der Waals surface area contributed by atoms with Crippen LogP contribution < -0.4 is 11.1 Å². The highest BCUT2D eigenvalue weighted by molar-refractivity contribution is 7.19. The molecule has 0 amide bonds. The van der Waals surface area contributed by atoms with Crippen LogP contribution in [0, 0.1) is 0 Å². The second-order valence-electron chi connectivity index (χ2n) is 3.54. The highest BCUT2D eigenvalue weighted by Gasteiger charge is 2.01. The van der Waals surface area contributed by atoms with Gasteiger partial charge in [0.25, 0.3) is 0 Å². The summed E-state index contributed by atoms with van der Waals surface area (Å²) >= 11 is 1.48. The molecule has 16 heavy (non-hydrogen) atoms. The van der Waals surface area contributed by atoms with E-state index in [4.69, 9.17) is 5.73 Å². The number of hydrogen-bond acceptors (Lipinski definition) is 4. The number of thiazole rings is 1. The number of benzene rings is 1. The number of nitrogens with one attached hydrogen (secondary N) is 1. The van der Waals surface area contributed by atoms with E-state index < -0.39 is 0 Å². The summed E-state index contributed by atoms with van der Waals surface area (Å²) in [5.74, 6) is 0. The van der Waals surface area contributed by atoms with Crippen LogP contribution in [-0.4, -0.2) is 4.98 Å². The summed E-state index contributed by atoms with van der Waals surface area (Å²) in [7, 11) is 0. The van der Waals surface area contributed by atoms with Crippen molar-refractivity contribution in [1.29, 1.82) is 0 Å². The summed E-state index contributed by atoms with van der Waals surface area (Å²) in [6.45, 7) is 2.97. The SMILES string of the molecule is CCc1ccccc1CNc1ncc(N)s1. The molecule has 3 N–H and O–H groups in total. The number of nitrogens with zero attached hydrogens (tertiary/aromatic N) is 1. The van der Waals surface area contributed by atoms with Crippen LogP contribution >= 0.6 is 11.3 Å². The fourth-order valence-electron chi connectivity index (χ4n) is 1.61. The lowest BCUT2D eigenvalue weighted by molar-refractivity contribution is 1.04. The molecule has 3 nitrogen and oxygen atoms in total. The minimum absolute atomic E-state index is 0.742.